The fourth-order valence-corrected chi connectivity index (χ4v) is 3.55. The van der Waals surface area contributed by atoms with Crippen LogP contribution in [0, 0.1) is 5.92 Å². The van der Waals surface area contributed by atoms with Gasteiger partial charge in [0, 0.05) is 30.4 Å². The molecular weight excluding hydrogens is 210 g/mol. The van der Waals surface area contributed by atoms with Crippen molar-refractivity contribution in [2.75, 3.05) is 13.1 Å². The molecule has 2 atom stereocenters. The minimum Gasteiger partial charge on any atom is -0.331 e. The average Bonchev–Trinajstić information content (AvgIpc) is 3.09. The minimum absolute atomic E-state index is 0.635. The predicted molar refractivity (Wildman–Crippen MR) is 69.1 cm³/mol. The average molecular weight is 233 g/mol. The van der Waals surface area contributed by atoms with Crippen molar-refractivity contribution in [3.05, 3.63) is 18.2 Å². The predicted octanol–water partition coefficient (Wildman–Crippen LogP) is 2.71. The molecule has 1 saturated heterocycles. The summed E-state index contributed by atoms with van der Waals surface area (Å²) in [5.41, 5.74) is 1.45. The molecule has 2 aliphatic rings. The standard InChI is InChI=1S/C14H23N3/c1-11(12-4-2-3-5-12)17-10-16-9-14(17)13-6-7-15-8-13/h9-13,15H,2-8H2,1H3. The molecule has 0 radical (unpaired) electrons. The van der Waals surface area contributed by atoms with Crippen LogP contribution in [0.15, 0.2) is 12.5 Å². The van der Waals surface area contributed by atoms with Gasteiger partial charge in [-0.25, -0.2) is 4.98 Å². The first-order chi connectivity index (χ1) is 8.36. The van der Waals surface area contributed by atoms with Crippen LogP contribution in [-0.2, 0) is 0 Å². The Bertz CT molecular complexity index is 359. The zero-order chi connectivity index (χ0) is 11.7. The van der Waals surface area contributed by atoms with E-state index in [0.29, 0.717) is 12.0 Å². The zero-order valence-electron chi connectivity index (χ0n) is 10.7. The van der Waals surface area contributed by atoms with Crippen molar-refractivity contribution in [3.63, 3.8) is 0 Å². The van der Waals surface area contributed by atoms with Crippen LogP contribution in [-0.4, -0.2) is 22.6 Å². The number of hydrogen-bond acceptors (Lipinski definition) is 2. The summed E-state index contributed by atoms with van der Waals surface area (Å²) in [6.07, 6.45) is 11.1. The first-order valence-electron chi connectivity index (χ1n) is 7.08. The van der Waals surface area contributed by atoms with Crippen molar-refractivity contribution in [1.29, 1.82) is 0 Å². The Morgan fingerprint density at radius 2 is 2.18 bits per heavy atom. The molecule has 0 bridgehead atoms. The maximum Gasteiger partial charge on any atom is 0.0950 e. The SMILES string of the molecule is CC(C1CCCC1)n1cncc1C1CCNC1. The van der Waals surface area contributed by atoms with Gasteiger partial charge in [-0.15, -0.1) is 0 Å². The normalized spacial score (nSPS) is 27.7. The van der Waals surface area contributed by atoms with Crippen LogP contribution < -0.4 is 5.32 Å². The Morgan fingerprint density at radius 1 is 1.35 bits per heavy atom. The number of aromatic nitrogens is 2. The molecule has 2 fully saturated rings. The van der Waals surface area contributed by atoms with E-state index in [1.54, 1.807) is 0 Å². The van der Waals surface area contributed by atoms with Gasteiger partial charge in [-0.2, -0.15) is 0 Å². The molecule has 94 valence electrons. The van der Waals surface area contributed by atoms with Crippen LogP contribution in [0.1, 0.15) is 56.7 Å². The van der Waals surface area contributed by atoms with Crippen molar-refractivity contribution in [2.24, 2.45) is 5.92 Å². The lowest BCUT2D eigenvalue weighted by Gasteiger charge is -2.24. The van der Waals surface area contributed by atoms with Crippen LogP contribution in [0.5, 0.6) is 0 Å². The van der Waals surface area contributed by atoms with Crippen molar-refractivity contribution >= 4 is 0 Å². The third-order valence-electron chi connectivity index (χ3n) is 4.70. The molecule has 3 heteroatoms. The van der Waals surface area contributed by atoms with Gasteiger partial charge in [0.1, 0.15) is 0 Å². The van der Waals surface area contributed by atoms with E-state index >= 15 is 0 Å². The summed E-state index contributed by atoms with van der Waals surface area (Å²) in [4.78, 5) is 4.39. The van der Waals surface area contributed by atoms with Gasteiger partial charge in [-0.05, 0) is 38.6 Å². The summed E-state index contributed by atoms with van der Waals surface area (Å²) >= 11 is 0. The van der Waals surface area contributed by atoms with Gasteiger partial charge in [-0.1, -0.05) is 12.8 Å². The van der Waals surface area contributed by atoms with Crippen LogP contribution in [0.25, 0.3) is 0 Å². The highest BCUT2D eigenvalue weighted by molar-refractivity contribution is 5.10. The van der Waals surface area contributed by atoms with Crippen LogP contribution in [0.4, 0.5) is 0 Å². The molecule has 17 heavy (non-hydrogen) atoms. The molecule has 1 aromatic heterocycles. The number of rotatable bonds is 3. The Labute approximate surface area is 104 Å². The number of hydrogen-bond donors (Lipinski definition) is 1. The number of imidazole rings is 1. The van der Waals surface area contributed by atoms with E-state index in [0.717, 1.165) is 19.0 Å². The summed E-state index contributed by atoms with van der Waals surface area (Å²) in [7, 11) is 0. The summed E-state index contributed by atoms with van der Waals surface area (Å²) in [5, 5.41) is 3.46. The van der Waals surface area contributed by atoms with E-state index in [2.05, 4.69) is 34.3 Å². The first-order valence-corrected chi connectivity index (χ1v) is 7.08. The molecule has 2 unspecified atom stereocenters. The van der Waals surface area contributed by atoms with Crippen molar-refractivity contribution in [1.82, 2.24) is 14.9 Å². The third-order valence-corrected chi connectivity index (χ3v) is 4.70. The second-order valence-electron chi connectivity index (χ2n) is 5.70. The highest BCUT2D eigenvalue weighted by Crippen LogP contribution is 2.36. The third kappa shape index (κ3) is 2.13. The Morgan fingerprint density at radius 3 is 2.88 bits per heavy atom. The fraction of sp³-hybridized carbons (Fsp3) is 0.786. The number of nitrogens with one attached hydrogen (secondary N) is 1. The summed E-state index contributed by atoms with van der Waals surface area (Å²) in [6.45, 7) is 4.67. The molecule has 0 aromatic carbocycles. The van der Waals surface area contributed by atoms with E-state index in [4.69, 9.17) is 0 Å². The van der Waals surface area contributed by atoms with Crippen molar-refractivity contribution in [3.8, 4) is 0 Å². The van der Waals surface area contributed by atoms with Gasteiger partial charge in [0.25, 0.3) is 0 Å². The van der Waals surface area contributed by atoms with E-state index in [1.165, 1.54) is 37.8 Å². The first kappa shape index (κ1) is 11.3. The highest BCUT2D eigenvalue weighted by atomic mass is 15.1. The molecule has 1 saturated carbocycles. The molecular formula is C14H23N3. The van der Waals surface area contributed by atoms with E-state index in [-0.39, 0.29) is 0 Å². The van der Waals surface area contributed by atoms with Gasteiger partial charge in [-0.3, -0.25) is 0 Å². The smallest absolute Gasteiger partial charge is 0.0950 e. The van der Waals surface area contributed by atoms with Gasteiger partial charge in [0.2, 0.25) is 0 Å². The molecule has 1 aliphatic carbocycles. The van der Waals surface area contributed by atoms with Gasteiger partial charge in [0.15, 0.2) is 0 Å². The van der Waals surface area contributed by atoms with Crippen LogP contribution in [0.3, 0.4) is 0 Å². The van der Waals surface area contributed by atoms with E-state index in [1.807, 2.05) is 0 Å². The molecule has 3 rings (SSSR count). The molecule has 1 aromatic rings. The lowest BCUT2D eigenvalue weighted by molar-refractivity contribution is 0.349. The van der Waals surface area contributed by atoms with Crippen molar-refractivity contribution in [2.45, 2.75) is 51.0 Å². The molecule has 1 N–H and O–H groups in total. The monoisotopic (exact) mass is 233 g/mol. The van der Waals surface area contributed by atoms with Crippen LogP contribution in [0.2, 0.25) is 0 Å². The van der Waals surface area contributed by atoms with E-state index < -0.39 is 0 Å². The summed E-state index contributed by atoms with van der Waals surface area (Å²) in [5.74, 6) is 1.55. The lowest BCUT2D eigenvalue weighted by atomic mass is 9.98. The maximum atomic E-state index is 4.39. The summed E-state index contributed by atoms with van der Waals surface area (Å²) in [6, 6.07) is 0.635. The van der Waals surface area contributed by atoms with Gasteiger partial charge >= 0.3 is 0 Å². The quantitative estimate of drug-likeness (QED) is 0.870. The molecule has 2 heterocycles. The molecule has 0 amide bonds. The minimum atomic E-state index is 0.635. The van der Waals surface area contributed by atoms with E-state index in [9.17, 15) is 0 Å². The van der Waals surface area contributed by atoms with Crippen LogP contribution >= 0.6 is 0 Å². The second kappa shape index (κ2) is 4.81. The molecule has 0 spiro atoms. The largest absolute Gasteiger partial charge is 0.331 e. The van der Waals surface area contributed by atoms with Gasteiger partial charge in [0.05, 0.1) is 6.33 Å². The van der Waals surface area contributed by atoms with Gasteiger partial charge < -0.3 is 9.88 Å². The Kier molecular flexibility index (Phi) is 3.19. The highest BCUT2D eigenvalue weighted by Gasteiger charge is 2.27. The summed E-state index contributed by atoms with van der Waals surface area (Å²) < 4.78 is 2.45. The number of nitrogens with zero attached hydrogens (tertiary/aromatic N) is 2. The fourth-order valence-electron chi connectivity index (χ4n) is 3.55. The van der Waals surface area contributed by atoms with Crippen molar-refractivity contribution < 1.29 is 0 Å². The maximum absolute atomic E-state index is 4.39. The topological polar surface area (TPSA) is 29.9 Å². The second-order valence-corrected chi connectivity index (χ2v) is 5.70. The molecule has 1 aliphatic heterocycles. The Balaban J connectivity index is 1.79. The molecule has 3 nitrogen and oxygen atoms in total. The lowest BCUT2D eigenvalue weighted by Crippen LogP contribution is -2.18. The Hall–Kier alpha value is -0.830. The zero-order valence-corrected chi connectivity index (χ0v) is 10.7.